The van der Waals surface area contributed by atoms with Crippen LogP contribution in [0.15, 0.2) is 46.9 Å². The first-order chi connectivity index (χ1) is 14.5. The van der Waals surface area contributed by atoms with Crippen LogP contribution in [0.3, 0.4) is 0 Å². The van der Waals surface area contributed by atoms with Crippen LogP contribution in [-0.2, 0) is 7.05 Å². The molecular formula is C24H23N2O+. The molecule has 0 atom stereocenters. The predicted molar refractivity (Wildman–Crippen MR) is 110 cm³/mol. The van der Waals surface area contributed by atoms with E-state index in [0.717, 1.165) is 21.9 Å². The van der Waals surface area contributed by atoms with Gasteiger partial charge in [-0.25, -0.2) is 9.41 Å². The van der Waals surface area contributed by atoms with E-state index in [1.807, 2.05) is 32.0 Å². The number of aromatic nitrogens is 1. The fourth-order valence-electron chi connectivity index (χ4n) is 3.50. The maximum atomic E-state index is 8.75. The summed E-state index contributed by atoms with van der Waals surface area (Å²) in [6, 6.07) is 7.36. The van der Waals surface area contributed by atoms with E-state index in [0.29, 0.717) is 28.1 Å². The summed E-state index contributed by atoms with van der Waals surface area (Å²) in [6.45, 7) is 14.6. The highest BCUT2D eigenvalue weighted by Gasteiger charge is 2.22. The van der Waals surface area contributed by atoms with Gasteiger partial charge < -0.3 is 4.42 Å². The van der Waals surface area contributed by atoms with Crippen molar-refractivity contribution in [3.8, 4) is 11.3 Å². The van der Waals surface area contributed by atoms with Crippen LogP contribution >= 0.6 is 0 Å². The molecule has 0 unspecified atom stereocenters. The molecule has 0 fully saturated rings. The van der Waals surface area contributed by atoms with Gasteiger partial charge >= 0.3 is 0 Å². The van der Waals surface area contributed by atoms with Crippen LogP contribution in [0.5, 0.6) is 0 Å². The summed E-state index contributed by atoms with van der Waals surface area (Å²) in [5.41, 5.74) is 4.53. The molecule has 0 saturated heterocycles. The van der Waals surface area contributed by atoms with E-state index in [-0.39, 0.29) is 23.8 Å². The predicted octanol–water partition coefficient (Wildman–Crippen LogP) is 6.37. The first-order valence-electron chi connectivity index (χ1n) is 10.8. The Morgan fingerprint density at radius 2 is 1.85 bits per heavy atom. The molecule has 2 heterocycles. The van der Waals surface area contributed by atoms with Crippen molar-refractivity contribution in [2.45, 2.75) is 33.6 Å². The van der Waals surface area contributed by atoms with Crippen LogP contribution in [0.2, 0.25) is 0 Å². The van der Waals surface area contributed by atoms with Crippen molar-refractivity contribution in [2.75, 3.05) is 0 Å². The number of hydrogen-bond donors (Lipinski definition) is 0. The number of fused-ring (bicyclic) bond motifs is 3. The summed E-state index contributed by atoms with van der Waals surface area (Å²) in [5.74, 6) is -1.18. The molecule has 0 amide bonds. The van der Waals surface area contributed by atoms with Gasteiger partial charge in [-0.15, -0.1) is 0 Å². The van der Waals surface area contributed by atoms with Gasteiger partial charge in [0.1, 0.15) is 19.6 Å². The Labute approximate surface area is 165 Å². The summed E-state index contributed by atoms with van der Waals surface area (Å²) in [5, 5.41) is 1.70. The Balaban J connectivity index is 2.21. The number of furan rings is 1. The Kier molecular flexibility index (Phi) is 3.03. The Hall–Kier alpha value is -3.12. The lowest BCUT2D eigenvalue weighted by Crippen LogP contribution is -2.31. The van der Waals surface area contributed by atoms with Gasteiger partial charge in [0.05, 0.1) is 14.9 Å². The van der Waals surface area contributed by atoms with Crippen LogP contribution in [0, 0.1) is 20.4 Å². The van der Waals surface area contributed by atoms with Crippen molar-refractivity contribution in [1.29, 1.82) is 0 Å². The minimum atomic E-state index is -1.18. The smallest absolute Gasteiger partial charge is 0.229 e. The summed E-state index contributed by atoms with van der Waals surface area (Å²) in [7, 11) is 1.68. The van der Waals surface area contributed by atoms with Crippen LogP contribution in [0.1, 0.15) is 41.9 Å². The summed E-state index contributed by atoms with van der Waals surface area (Å²) < 4.78 is 42.1. The zero-order chi connectivity index (χ0) is 22.8. The Bertz CT molecular complexity index is 1410. The number of pyridine rings is 1. The molecule has 134 valence electrons. The molecule has 0 radical (unpaired) electrons. The molecule has 3 heteroatoms. The van der Waals surface area contributed by atoms with Crippen molar-refractivity contribution in [1.82, 2.24) is 0 Å². The summed E-state index contributed by atoms with van der Waals surface area (Å²) in [6.07, 6.45) is 0.0292. The normalized spacial score (nSPS) is 13.9. The van der Waals surface area contributed by atoms with Crippen molar-refractivity contribution in [2.24, 2.45) is 7.05 Å². The second kappa shape index (κ2) is 6.25. The van der Waals surface area contributed by atoms with Crippen molar-refractivity contribution in [3.63, 3.8) is 0 Å². The summed E-state index contributed by atoms with van der Waals surface area (Å²) in [4.78, 5) is 3.60. The molecule has 0 bridgehead atoms. The van der Waals surface area contributed by atoms with E-state index in [1.54, 1.807) is 31.5 Å². The van der Waals surface area contributed by atoms with Gasteiger partial charge in [-0.2, -0.15) is 0 Å². The minimum absolute atomic E-state index is 0.0292. The first kappa shape index (κ1) is 13.1. The summed E-state index contributed by atoms with van der Waals surface area (Å²) >= 11 is 0. The molecule has 2 aromatic heterocycles. The SMILES string of the molecule is [2H]c1c([2H])c(-c2c(C)ccc3c2oc2c([N+]#[C-])ccc(C)c23)[n+](C)c([2H])c1C([2H])(C)C. The van der Waals surface area contributed by atoms with Gasteiger partial charge in [0.25, 0.3) is 0 Å². The largest absolute Gasteiger partial charge is 0.466 e. The number of nitrogens with zero attached hydrogens (tertiary/aromatic N) is 2. The van der Waals surface area contributed by atoms with Gasteiger partial charge in [-0.05, 0) is 36.9 Å². The molecule has 0 aliphatic carbocycles. The minimum Gasteiger partial charge on any atom is -0.466 e. The first-order valence-corrected chi connectivity index (χ1v) is 8.82. The van der Waals surface area contributed by atoms with Gasteiger partial charge in [0.15, 0.2) is 6.17 Å². The molecule has 3 nitrogen and oxygen atoms in total. The van der Waals surface area contributed by atoms with Crippen LogP contribution in [0.25, 0.3) is 38.0 Å². The highest BCUT2D eigenvalue weighted by Crippen LogP contribution is 2.41. The third-order valence-corrected chi connectivity index (χ3v) is 4.96. The van der Waals surface area contributed by atoms with Crippen LogP contribution in [-0.4, -0.2) is 0 Å². The molecule has 27 heavy (non-hydrogen) atoms. The highest BCUT2D eigenvalue weighted by molar-refractivity contribution is 6.14. The highest BCUT2D eigenvalue weighted by atomic mass is 16.3. The lowest BCUT2D eigenvalue weighted by atomic mass is 9.98. The van der Waals surface area contributed by atoms with Crippen LogP contribution in [0.4, 0.5) is 5.69 Å². The maximum absolute atomic E-state index is 8.75. The van der Waals surface area contributed by atoms with Gasteiger partial charge in [0.2, 0.25) is 11.4 Å². The molecule has 4 aromatic rings. The molecule has 0 N–H and O–H groups in total. The maximum Gasteiger partial charge on any atom is 0.229 e. The van der Waals surface area contributed by atoms with E-state index in [2.05, 4.69) is 4.85 Å². The molecule has 2 aromatic carbocycles. The fourth-order valence-corrected chi connectivity index (χ4v) is 3.50. The quantitative estimate of drug-likeness (QED) is 0.301. The van der Waals surface area contributed by atoms with E-state index in [1.165, 1.54) is 0 Å². The monoisotopic (exact) mass is 359 g/mol. The topological polar surface area (TPSA) is 21.4 Å². The Morgan fingerprint density at radius 3 is 2.56 bits per heavy atom. The van der Waals surface area contributed by atoms with Crippen molar-refractivity contribution in [3.05, 3.63) is 70.6 Å². The molecule has 4 rings (SSSR count). The fraction of sp³-hybridized carbons (Fsp3) is 0.250. The van der Waals surface area contributed by atoms with E-state index >= 15 is 0 Å². The van der Waals surface area contributed by atoms with E-state index in [4.69, 9.17) is 16.5 Å². The molecule has 0 aliphatic rings. The molecule has 0 spiro atoms. The van der Waals surface area contributed by atoms with E-state index < -0.39 is 5.89 Å². The second-order valence-corrected chi connectivity index (χ2v) is 7.10. The number of rotatable bonds is 2. The standard InChI is InChI=1S/C24H23N2O/c1-14(2)17-9-12-20(26(6)13-17)22-16(4)7-10-18-21-15(3)8-11-19(25-5)24(21)27-23(18)22/h7-14H,1-4,6H3/q+1/i9D,12D,13D,14D. The average Bonchev–Trinajstić information content (AvgIpc) is 3.08. The third kappa shape index (κ3) is 2.61. The molecular weight excluding hydrogens is 332 g/mol. The van der Waals surface area contributed by atoms with Gasteiger partial charge in [-0.1, -0.05) is 38.1 Å². The van der Waals surface area contributed by atoms with Gasteiger partial charge in [0, 0.05) is 23.7 Å². The number of benzene rings is 2. The lowest BCUT2D eigenvalue weighted by molar-refractivity contribution is -0.660. The number of aryl methyl sites for hydroxylation is 2. The van der Waals surface area contributed by atoms with E-state index in [9.17, 15) is 0 Å². The Morgan fingerprint density at radius 1 is 1.11 bits per heavy atom. The van der Waals surface area contributed by atoms with Gasteiger partial charge in [-0.3, -0.25) is 0 Å². The third-order valence-electron chi connectivity index (χ3n) is 4.96. The van der Waals surface area contributed by atoms with Crippen molar-refractivity contribution < 1.29 is 14.5 Å². The molecule has 0 saturated carbocycles. The van der Waals surface area contributed by atoms with Crippen LogP contribution < -0.4 is 4.57 Å². The zero-order valence-electron chi connectivity index (χ0n) is 20.1. The second-order valence-electron chi connectivity index (χ2n) is 7.10. The van der Waals surface area contributed by atoms with Crippen molar-refractivity contribution >= 4 is 27.6 Å². The number of hydrogen-bond acceptors (Lipinski definition) is 1. The average molecular weight is 359 g/mol. The molecule has 0 aliphatic heterocycles. The zero-order valence-corrected chi connectivity index (χ0v) is 16.1. The lowest BCUT2D eigenvalue weighted by Gasteiger charge is -2.08.